The number of hydrogen-bond donors (Lipinski definition) is 1. The number of rotatable bonds is 5. The van der Waals surface area contributed by atoms with Crippen molar-refractivity contribution in [2.24, 2.45) is 0 Å². The van der Waals surface area contributed by atoms with E-state index in [1.165, 1.54) is 11.3 Å². The number of aromatic amines is 1. The number of benzene rings is 2. The fourth-order valence-electron chi connectivity index (χ4n) is 3.10. The molecule has 2 aromatic heterocycles. The highest BCUT2D eigenvalue weighted by Crippen LogP contribution is 2.25. The van der Waals surface area contributed by atoms with Gasteiger partial charge in [0.25, 0.3) is 11.5 Å². The number of aromatic nitrogens is 2. The number of nitrogens with zero attached hydrogens (tertiary/aromatic N) is 2. The van der Waals surface area contributed by atoms with Crippen LogP contribution in [0.4, 0.5) is 0 Å². The number of fused-ring (bicyclic) bond motifs is 1. The van der Waals surface area contributed by atoms with Crippen molar-refractivity contribution in [2.45, 2.75) is 6.54 Å². The normalized spacial score (nSPS) is 11.6. The van der Waals surface area contributed by atoms with Gasteiger partial charge in [0.15, 0.2) is 0 Å². The third-order valence-corrected chi connectivity index (χ3v) is 5.43. The number of likely N-dealkylation sites (N-methyl/N-ethyl adjacent to an activating group) is 1. The molecule has 0 atom stereocenters. The van der Waals surface area contributed by atoms with Gasteiger partial charge in [-0.1, -0.05) is 48.5 Å². The van der Waals surface area contributed by atoms with Crippen LogP contribution >= 0.6 is 11.3 Å². The highest BCUT2D eigenvalue weighted by atomic mass is 32.1. The predicted molar refractivity (Wildman–Crippen MR) is 117 cm³/mol. The number of thiophene rings is 1. The summed E-state index contributed by atoms with van der Waals surface area (Å²) >= 11 is 1.52. The summed E-state index contributed by atoms with van der Waals surface area (Å²) in [5.41, 5.74) is 1.97. The topological polar surface area (TPSA) is 66.1 Å². The molecule has 0 saturated carbocycles. The number of nitrogens with one attached hydrogen (secondary N) is 1. The Morgan fingerprint density at radius 2 is 1.83 bits per heavy atom. The molecule has 2 heterocycles. The number of hydrogen-bond acceptors (Lipinski definition) is 4. The maximum Gasteiger partial charge on any atom is 0.258 e. The molecule has 6 heteroatoms. The van der Waals surface area contributed by atoms with Crippen molar-refractivity contribution in [1.29, 1.82) is 0 Å². The first kappa shape index (κ1) is 18.8. The standard InChI is InChI=1S/C23H19N3O2S/c1-26(15-21-24-19-11-6-5-10-17(19)22(27)25-21)23(28)18(20-12-7-13-29-20)14-16-8-3-2-4-9-16/h2-14H,15H2,1H3,(H,24,25,27)/b18-14+. The quantitative estimate of drug-likeness (QED) is 0.510. The van der Waals surface area contributed by atoms with E-state index in [1.807, 2.05) is 60.0 Å². The van der Waals surface area contributed by atoms with Gasteiger partial charge in [0.2, 0.25) is 0 Å². The van der Waals surface area contributed by atoms with Gasteiger partial charge in [0.05, 0.1) is 23.0 Å². The van der Waals surface area contributed by atoms with Crippen LogP contribution in [-0.4, -0.2) is 27.8 Å². The Morgan fingerprint density at radius 3 is 2.59 bits per heavy atom. The van der Waals surface area contributed by atoms with E-state index in [2.05, 4.69) is 9.97 Å². The molecule has 0 bridgehead atoms. The van der Waals surface area contributed by atoms with Gasteiger partial charge in [0.1, 0.15) is 5.82 Å². The largest absolute Gasteiger partial charge is 0.334 e. The molecule has 0 unspecified atom stereocenters. The lowest BCUT2D eigenvalue weighted by Gasteiger charge is -2.18. The molecule has 1 N–H and O–H groups in total. The van der Waals surface area contributed by atoms with Gasteiger partial charge in [-0.3, -0.25) is 9.59 Å². The molecule has 4 aromatic rings. The number of H-pyrrole nitrogens is 1. The first-order valence-corrected chi connectivity index (χ1v) is 10.0. The van der Waals surface area contributed by atoms with Crippen molar-refractivity contribution >= 4 is 39.8 Å². The van der Waals surface area contributed by atoms with E-state index in [0.29, 0.717) is 22.3 Å². The SMILES string of the molecule is CN(Cc1nc2ccccc2c(=O)[nH]1)C(=O)/C(=C/c1ccccc1)c1cccs1. The summed E-state index contributed by atoms with van der Waals surface area (Å²) in [6.45, 7) is 0.205. The monoisotopic (exact) mass is 401 g/mol. The molecular weight excluding hydrogens is 382 g/mol. The molecule has 0 radical (unpaired) electrons. The predicted octanol–water partition coefficient (Wildman–Crippen LogP) is 4.18. The molecule has 0 spiro atoms. The third-order valence-electron chi connectivity index (χ3n) is 4.52. The lowest BCUT2D eigenvalue weighted by atomic mass is 10.1. The van der Waals surface area contributed by atoms with Crippen LogP contribution in [-0.2, 0) is 11.3 Å². The van der Waals surface area contributed by atoms with Crippen LogP contribution < -0.4 is 5.56 Å². The smallest absolute Gasteiger partial charge is 0.258 e. The van der Waals surface area contributed by atoms with Crippen molar-refractivity contribution in [3.8, 4) is 0 Å². The van der Waals surface area contributed by atoms with Crippen LogP contribution in [0.5, 0.6) is 0 Å². The minimum atomic E-state index is -0.204. The molecule has 1 amide bonds. The fourth-order valence-corrected chi connectivity index (χ4v) is 3.83. The Labute approximate surface area is 172 Å². The first-order valence-electron chi connectivity index (χ1n) is 9.16. The highest BCUT2D eigenvalue weighted by molar-refractivity contribution is 7.11. The molecule has 0 aliphatic rings. The van der Waals surface area contributed by atoms with E-state index in [0.717, 1.165) is 10.4 Å². The Bertz CT molecular complexity index is 1230. The molecule has 0 aliphatic heterocycles. The zero-order valence-electron chi connectivity index (χ0n) is 15.8. The first-order chi connectivity index (χ1) is 14.1. The number of para-hydroxylation sites is 1. The second kappa shape index (κ2) is 8.24. The molecule has 0 fully saturated rings. The zero-order chi connectivity index (χ0) is 20.2. The van der Waals surface area contributed by atoms with Gasteiger partial charge in [-0.05, 0) is 35.2 Å². The van der Waals surface area contributed by atoms with E-state index in [1.54, 1.807) is 30.1 Å². The molecule has 0 saturated heterocycles. The van der Waals surface area contributed by atoms with Crippen molar-refractivity contribution in [3.05, 3.63) is 98.7 Å². The molecule has 0 aliphatic carbocycles. The Morgan fingerprint density at radius 1 is 1.07 bits per heavy atom. The zero-order valence-corrected chi connectivity index (χ0v) is 16.6. The van der Waals surface area contributed by atoms with Crippen LogP contribution in [0.1, 0.15) is 16.3 Å². The molecule has 29 heavy (non-hydrogen) atoms. The molecule has 2 aromatic carbocycles. The van der Waals surface area contributed by atoms with Crippen LogP contribution in [0.2, 0.25) is 0 Å². The van der Waals surface area contributed by atoms with E-state index < -0.39 is 0 Å². The molecule has 4 rings (SSSR count). The summed E-state index contributed by atoms with van der Waals surface area (Å²) in [7, 11) is 1.71. The van der Waals surface area contributed by atoms with Gasteiger partial charge in [-0.2, -0.15) is 0 Å². The maximum absolute atomic E-state index is 13.2. The summed E-state index contributed by atoms with van der Waals surface area (Å²) in [4.78, 5) is 35.3. The van der Waals surface area contributed by atoms with E-state index in [9.17, 15) is 9.59 Å². The van der Waals surface area contributed by atoms with Crippen LogP contribution in [0, 0.1) is 0 Å². The van der Waals surface area contributed by atoms with Crippen molar-refractivity contribution < 1.29 is 4.79 Å². The fraction of sp³-hybridized carbons (Fsp3) is 0.0870. The maximum atomic E-state index is 13.2. The minimum Gasteiger partial charge on any atom is -0.334 e. The Hall–Kier alpha value is -3.51. The van der Waals surface area contributed by atoms with Gasteiger partial charge in [-0.25, -0.2) is 4.98 Å². The molecular formula is C23H19N3O2S. The van der Waals surface area contributed by atoms with Crippen molar-refractivity contribution in [1.82, 2.24) is 14.9 Å². The number of carbonyl (C=O) groups is 1. The lowest BCUT2D eigenvalue weighted by molar-refractivity contribution is -0.124. The van der Waals surface area contributed by atoms with Gasteiger partial charge in [-0.15, -0.1) is 11.3 Å². The summed E-state index contributed by atoms with van der Waals surface area (Å²) in [6, 6.07) is 20.8. The highest BCUT2D eigenvalue weighted by Gasteiger charge is 2.19. The van der Waals surface area contributed by atoms with E-state index >= 15 is 0 Å². The average molecular weight is 401 g/mol. The Balaban J connectivity index is 1.65. The summed E-state index contributed by atoms with van der Waals surface area (Å²) in [5.74, 6) is 0.321. The van der Waals surface area contributed by atoms with Crippen molar-refractivity contribution in [2.75, 3.05) is 7.05 Å². The number of carbonyl (C=O) groups excluding carboxylic acids is 1. The Kier molecular flexibility index (Phi) is 5.35. The van der Waals surface area contributed by atoms with Gasteiger partial charge in [0, 0.05) is 11.9 Å². The van der Waals surface area contributed by atoms with E-state index in [-0.39, 0.29) is 18.0 Å². The minimum absolute atomic E-state index is 0.132. The van der Waals surface area contributed by atoms with Crippen molar-refractivity contribution in [3.63, 3.8) is 0 Å². The second-order valence-electron chi connectivity index (χ2n) is 6.64. The van der Waals surface area contributed by atoms with E-state index in [4.69, 9.17) is 0 Å². The average Bonchev–Trinajstić information content (AvgIpc) is 3.27. The summed E-state index contributed by atoms with van der Waals surface area (Å²) in [6.07, 6.45) is 1.89. The van der Waals surface area contributed by atoms with Gasteiger partial charge < -0.3 is 9.88 Å². The second-order valence-corrected chi connectivity index (χ2v) is 7.58. The summed E-state index contributed by atoms with van der Waals surface area (Å²) in [5, 5.41) is 2.48. The molecule has 144 valence electrons. The third kappa shape index (κ3) is 4.17. The number of amides is 1. The molecule has 5 nitrogen and oxygen atoms in total. The summed E-state index contributed by atoms with van der Waals surface area (Å²) < 4.78 is 0. The van der Waals surface area contributed by atoms with Gasteiger partial charge >= 0.3 is 0 Å². The van der Waals surface area contributed by atoms with Crippen LogP contribution in [0.3, 0.4) is 0 Å². The van der Waals surface area contributed by atoms with Crippen LogP contribution in [0.15, 0.2) is 76.9 Å². The lowest BCUT2D eigenvalue weighted by Crippen LogP contribution is -2.29. The van der Waals surface area contributed by atoms with Crippen LogP contribution in [0.25, 0.3) is 22.6 Å².